The number of carbonyl (C=O) groups is 1. The average Bonchev–Trinajstić information content (AvgIpc) is 2.02. The van der Waals surface area contributed by atoms with Crippen LogP contribution in [0.15, 0.2) is 0 Å². The molecule has 1 aliphatic rings. The molecule has 0 aromatic carbocycles. The van der Waals surface area contributed by atoms with Crippen LogP contribution in [-0.4, -0.2) is 52.2 Å². The van der Waals surface area contributed by atoms with Crippen molar-refractivity contribution in [2.24, 2.45) is 0 Å². The van der Waals surface area contributed by atoms with E-state index in [0.29, 0.717) is 0 Å². The Bertz CT molecular complexity index is 205. The number of carbonyl (C=O) groups excluding carboxylic acids is 1. The van der Waals surface area contributed by atoms with Crippen molar-refractivity contribution in [3.8, 4) is 0 Å². The number of ether oxygens (including phenoxy) is 1. The number of hydrogen-bond acceptors (Lipinski definition) is 2. The first-order chi connectivity index (χ1) is 6.38. The standard InChI is InChI=1S/C10H18NO2.Sn.H/c1-10(2,3)13-9(12)11-7-5-4-6-8-11;;/h4H,5-8H2,1-3H3;;. The molecule has 0 aromatic rings. The summed E-state index contributed by atoms with van der Waals surface area (Å²) in [6.07, 6.45) is 2.16. The van der Waals surface area contributed by atoms with Crippen LogP contribution in [-0.2, 0) is 4.74 Å². The molecule has 0 N–H and O–H groups in total. The van der Waals surface area contributed by atoms with Gasteiger partial charge in [-0.3, -0.25) is 0 Å². The molecule has 0 unspecified atom stereocenters. The fourth-order valence-electron chi connectivity index (χ4n) is 1.41. The molecule has 14 heavy (non-hydrogen) atoms. The van der Waals surface area contributed by atoms with Gasteiger partial charge in [-0.05, 0) is 0 Å². The van der Waals surface area contributed by atoms with Gasteiger partial charge >= 0.3 is 99.3 Å². The number of nitrogens with zero attached hydrogens (tertiary/aromatic N) is 1. The Kier molecular flexibility index (Phi) is 4.10. The summed E-state index contributed by atoms with van der Waals surface area (Å²) in [5.74, 6) is 0. The summed E-state index contributed by atoms with van der Waals surface area (Å²) in [7, 11) is 0. The SMILES string of the molecule is CC(C)(C)OC(=O)N1CC[CH]([SnH])CC1. The minimum absolute atomic E-state index is 0.148. The third-order valence-corrected chi connectivity index (χ3v) is 4.09. The van der Waals surface area contributed by atoms with Crippen molar-refractivity contribution < 1.29 is 9.53 Å². The minimum atomic E-state index is -0.367. The molecule has 0 atom stereocenters. The molecule has 1 saturated heterocycles. The summed E-state index contributed by atoms with van der Waals surface area (Å²) in [6.45, 7) is 7.47. The predicted octanol–water partition coefficient (Wildman–Crippen LogP) is 1.71. The van der Waals surface area contributed by atoms with Gasteiger partial charge in [0.1, 0.15) is 0 Å². The van der Waals surface area contributed by atoms with Gasteiger partial charge in [-0.25, -0.2) is 0 Å². The first kappa shape index (κ1) is 12.1. The molecule has 1 aliphatic heterocycles. The Morgan fingerprint density at radius 2 is 1.86 bits per heavy atom. The average molecular weight is 304 g/mol. The second-order valence-corrected chi connectivity index (χ2v) is 7.50. The van der Waals surface area contributed by atoms with E-state index in [-0.39, 0.29) is 11.7 Å². The molecule has 0 bridgehead atoms. The van der Waals surface area contributed by atoms with Crippen LogP contribution in [0.3, 0.4) is 0 Å². The van der Waals surface area contributed by atoms with Crippen molar-refractivity contribution in [3.63, 3.8) is 0 Å². The van der Waals surface area contributed by atoms with Crippen LogP contribution in [0, 0.1) is 0 Å². The third-order valence-electron chi connectivity index (χ3n) is 2.19. The fraction of sp³-hybridized carbons (Fsp3) is 0.900. The Morgan fingerprint density at radius 3 is 2.29 bits per heavy atom. The van der Waals surface area contributed by atoms with Crippen LogP contribution in [0.1, 0.15) is 33.6 Å². The molecule has 3 nitrogen and oxygen atoms in total. The first-order valence-corrected chi connectivity index (χ1v) is 7.02. The normalized spacial score (nSPS) is 19.6. The van der Waals surface area contributed by atoms with E-state index in [2.05, 4.69) is 0 Å². The Labute approximate surface area is 99.3 Å². The van der Waals surface area contributed by atoms with Crippen molar-refractivity contribution in [1.82, 2.24) is 4.90 Å². The molecule has 1 rings (SSSR count). The van der Waals surface area contributed by atoms with Crippen LogP contribution in [0.2, 0.25) is 3.93 Å². The summed E-state index contributed by atoms with van der Waals surface area (Å²) in [5.41, 5.74) is -0.367. The molecule has 1 amide bonds. The molecule has 0 aliphatic carbocycles. The molecule has 0 aromatic heterocycles. The van der Waals surface area contributed by atoms with Gasteiger partial charge in [0.25, 0.3) is 0 Å². The van der Waals surface area contributed by atoms with Crippen molar-refractivity contribution >= 4 is 28.6 Å². The second kappa shape index (κ2) is 4.73. The molecule has 1 fully saturated rings. The summed E-state index contributed by atoms with van der Waals surface area (Å²) < 4.78 is 6.18. The maximum absolute atomic E-state index is 11.6. The van der Waals surface area contributed by atoms with E-state index in [1.807, 2.05) is 25.7 Å². The van der Waals surface area contributed by atoms with E-state index < -0.39 is 0 Å². The zero-order valence-corrected chi connectivity index (χ0v) is 12.5. The van der Waals surface area contributed by atoms with Crippen molar-refractivity contribution in [2.45, 2.75) is 43.1 Å². The van der Waals surface area contributed by atoms with E-state index in [0.717, 1.165) is 29.9 Å². The Morgan fingerprint density at radius 1 is 1.36 bits per heavy atom. The fourth-order valence-corrected chi connectivity index (χ4v) is 2.26. The van der Waals surface area contributed by atoms with Crippen LogP contribution in [0.5, 0.6) is 0 Å². The molecule has 80 valence electrons. The zero-order chi connectivity index (χ0) is 10.8. The number of likely N-dealkylation sites (tertiary alicyclic amines) is 1. The quantitative estimate of drug-likeness (QED) is 0.638. The maximum atomic E-state index is 11.6. The molecular formula is C10H19NO2Sn. The molecule has 0 spiro atoms. The van der Waals surface area contributed by atoms with Gasteiger partial charge in [0, 0.05) is 0 Å². The van der Waals surface area contributed by atoms with Gasteiger partial charge in [-0.1, -0.05) is 0 Å². The number of amides is 1. The first-order valence-electron chi connectivity index (χ1n) is 5.12. The van der Waals surface area contributed by atoms with Gasteiger partial charge in [0.2, 0.25) is 0 Å². The van der Waals surface area contributed by atoms with E-state index in [9.17, 15) is 4.79 Å². The summed E-state index contributed by atoms with van der Waals surface area (Å²) in [4.78, 5) is 13.5. The molecule has 1 heterocycles. The van der Waals surface area contributed by atoms with Gasteiger partial charge in [-0.2, -0.15) is 0 Å². The topological polar surface area (TPSA) is 29.5 Å². The van der Waals surface area contributed by atoms with Crippen molar-refractivity contribution in [1.29, 1.82) is 0 Å². The summed E-state index contributed by atoms with van der Waals surface area (Å²) >= 11 is 1.31. The van der Waals surface area contributed by atoms with Crippen LogP contribution in [0.4, 0.5) is 4.79 Å². The molecule has 0 saturated carbocycles. The zero-order valence-electron chi connectivity index (χ0n) is 9.25. The van der Waals surface area contributed by atoms with Crippen LogP contribution >= 0.6 is 0 Å². The molecular weight excluding hydrogens is 285 g/mol. The van der Waals surface area contributed by atoms with Gasteiger partial charge in [-0.15, -0.1) is 0 Å². The van der Waals surface area contributed by atoms with Crippen LogP contribution in [0.25, 0.3) is 0 Å². The molecule has 2 radical (unpaired) electrons. The van der Waals surface area contributed by atoms with E-state index in [1.165, 1.54) is 22.5 Å². The van der Waals surface area contributed by atoms with Gasteiger partial charge < -0.3 is 0 Å². The van der Waals surface area contributed by atoms with Crippen molar-refractivity contribution in [3.05, 3.63) is 0 Å². The third kappa shape index (κ3) is 4.07. The van der Waals surface area contributed by atoms with E-state index in [1.54, 1.807) is 0 Å². The Balaban J connectivity index is 2.38. The van der Waals surface area contributed by atoms with E-state index in [4.69, 9.17) is 4.74 Å². The van der Waals surface area contributed by atoms with Crippen molar-refractivity contribution in [2.75, 3.05) is 13.1 Å². The number of hydrogen-bond donors (Lipinski definition) is 0. The number of rotatable bonds is 0. The second-order valence-electron chi connectivity index (χ2n) is 4.80. The monoisotopic (exact) mass is 305 g/mol. The summed E-state index contributed by atoms with van der Waals surface area (Å²) in [5, 5.41) is 0. The summed E-state index contributed by atoms with van der Waals surface area (Å²) in [6, 6.07) is 0. The van der Waals surface area contributed by atoms with Crippen LogP contribution < -0.4 is 0 Å². The Hall–Kier alpha value is 0.0687. The predicted molar refractivity (Wildman–Crippen MR) is 57.9 cm³/mol. The van der Waals surface area contributed by atoms with E-state index >= 15 is 0 Å². The van der Waals surface area contributed by atoms with Gasteiger partial charge in [0.15, 0.2) is 0 Å². The van der Waals surface area contributed by atoms with Gasteiger partial charge in [0.05, 0.1) is 0 Å². The number of piperidine rings is 1. The molecule has 4 heteroatoms.